The van der Waals surface area contributed by atoms with Crippen molar-refractivity contribution < 1.29 is 27.3 Å². The summed E-state index contributed by atoms with van der Waals surface area (Å²) in [7, 11) is 0. The minimum absolute atomic E-state index is 0. The van der Waals surface area contributed by atoms with Crippen LogP contribution in [-0.4, -0.2) is 0 Å². The van der Waals surface area contributed by atoms with Crippen LogP contribution in [0.25, 0.3) is 0 Å². The first-order valence-electron chi connectivity index (χ1n) is 2.12. The fraction of sp³-hybridized carbons (Fsp3) is 0.500. The van der Waals surface area contributed by atoms with Gasteiger partial charge in [0, 0.05) is 27.3 Å². The van der Waals surface area contributed by atoms with E-state index in [4.69, 9.17) is 0 Å². The molecule has 0 aromatic carbocycles. The van der Waals surface area contributed by atoms with Crippen LogP contribution in [0.4, 0.5) is 0 Å². The van der Waals surface area contributed by atoms with Crippen molar-refractivity contribution in [2.75, 3.05) is 0 Å². The molecule has 7 heavy (non-hydrogen) atoms. The van der Waals surface area contributed by atoms with Gasteiger partial charge in [0.2, 0.25) is 0 Å². The van der Waals surface area contributed by atoms with E-state index in [1.165, 1.54) is 0 Å². The molecule has 0 fully saturated rings. The maximum absolute atomic E-state index is 3.25. The summed E-state index contributed by atoms with van der Waals surface area (Å²) in [5, 5.41) is 0. The van der Waals surface area contributed by atoms with Crippen LogP contribution in [-0.2, 0) is 27.3 Å². The number of hydrogen-bond donors (Lipinski definition) is 0. The first-order chi connectivity index (χ1) is 3.00. The minimum Gasteiger partial charge on any atom is -0.346 e. The maximum atomic E-state index is 3.25. The van der Waals surface area contributed by atoms with Crippen LogP contribution in [0.1, 0.15) is 20.8 Å². The minimum atomic E-state index is 0. The Morgan fingerprint density at radius 2 is 0.571 bits per heavy atom. The molecule has 44 valence electrons. The van der Waals surface area contributed by atoms with Gasteiger partial charge in [-0.2, -0.15) is 20.8 Å². The van der Waals surface area contributed by atoms with Crippen LogP contribution in [0, 0.1) is 20.8 Å². The molecule has 0 saturated carbocycles. The van der Waals surface area contributed by atoms with Crippen LogP contribution in [0.2, 0.25) is 0 Å². The van der Waals surface area contributed by atoms with E-state index in [2.05, 4.69) is 20.8 Å². The summed E-state index contributed by atoms with van der Waals surface area (Å²) in [6.07, 6.45) is 0. The maximum Gasteiger partial charge on any atom is 0 e. The van der Waals surface area contributed by atoms with E-state index in [-0.39, 0.29) is 27.3 Å². The Morgan fingerprint density at radius 3 is 0.571 bits per heavy atom. The third-order valence-corrected chi connectivity index (χ3v) is 0. The summed E-state index contributed by atoms with van der Waals surface area (Å²) < 4.78 is 0. The van der Waals surface area contributed by atoms with Crippen molar-refractivity contribution in [1.82, 2.24) is 0 Å². The van der Waals surface area contributed by atoms with Gasteiger partial charge in [-0.25, -0.2) is 0 Å². The van der Waals surface area contributed by atoms with Crippen molar-refractivity contribution in [1.29, 1.82) is 0 Å². The van der Waals surface area contributed by atoms with Gasteiger partial charge in [-0.3, -0.25) is 0 Å². The summed E-state index contributed by atoms with van der Waals surface area (Å²) in [5.41, 5.74) is 0. The zero-order valence-corrected chi connectivity index (χ0v) is 9.86. The Kier molecular flexibility index (Phi) is 1010. The average molecular weight is 200 g/mol. The second-order valence-electron chi connectivity index (χ2n) is 0. The topological polar surface area (TPSA) is 0 Å². The molecule has 0 spiro atoms. The molecule has 0 bridgehead atoms. The van der Waals surface area contributed by atoms with Gasteiger partial charge in [0.1, 0.15) is 0 Å². The average Bonchev–Trinajstić information content (AvgIpc) is 1.81. The molecule has 0 N–H and O–H groups in total. The molecule has 0 saturated heterocycles. The van der Waals surface area contributed by atoms with E-state index in [9.17, 15) is 0 Å². The van der Waals surface area contributed by atoms with Gasteiger partial charge in [0.25, 0.3) is 0 Å². The summed E-state index contributed by atoms with van der Waals surface area (Å²) in [4.78, 5) is 0. The normalized spacial score (nSPS) is 2.57. The van der Waals surface area contributed by atoms with Crippen molar-refractivity contribution in [3.8, 4) is 0 Å². The molecule has 0 atom stereocenters. The molecule has 0 aromatic rings. The predicted octanol–water partition coefficient (Wildman–Crippen LogP) is 2.52. The molecule has 0 aromatic heterocycles. The molecular formula is C6H15Cd-3. The predicted molar refractivity (Wildman–Crippen MR) is 33.1 cm³/mol. The van der Waals surface area contributed by atoms with Crippen LogP contribution in [0.15, 0.2) is 0 Å². The molecule has 1 heteroatoms. The summed E-state index contributed by atoms with van der Waals surface area (Å²) in [6, 6.07) is 0. The van der Waals surface area contributed by atoms with Gasteiger partial charge in [0.05, 0.1) is 0 Å². The Balaban J connectivity index is -0.00000000900. The Bertz CT molecular complexity index is 4.14. The second kappa shape index (κ2) is 286. The molecule has 0 amide bonds. The molecule has 0 unspecified atom stereocenters. The van der Waals surface area contributed by atoms with Crippen molar-refractivity contribution >= 4 is 0 Å². The molecule has 0 heterocycles. The Labute approximate surface area is 68.9 Å². The van der Waals surface area contributed by atoms with Gasteiger partial charge < -0.3 is 20.8 Å². The molecule has 0 aliphatic rings. The molecule has 0 nitrogen and oxygen atoms in total. The fourth-order valence-electron chi connectivity index (χ4n) is 0. The van der Waals surface area contributed by atoms with Gasteiger partial charge >= 0.3 is 0 Å². The van der Waals surface area contributed by atoms with E-state index in [1.54, 1.807) is 20.8 Å². The van der Waals surface area contributed by atoms with E-state index in [0.717, 1.165) is 0 Å². The SMILES string of the molecule is [CH2-]C.[CH2-]C.[CH2-]C.[Cd]. The molecule has 0 rings (SSSR count). The monoisotopic (exact) mass is 201 g/mol. The van der Waals surface area contributed by atoms with Crippen molar-refractivity contribution in [3.63, 3.8) is 0 Å². The zero-order chi connectivity index (χ0) is 6.00. The summed E-state index contributed by atoms with van der Waals surface area (Å²) in [5.74, 6) is 0. The van der Waals surface area contributed by atoms with E-state index >= 15 is 0 Å². The summed E-state index contributed by atoms with van der Waals surface area (Å²) in [6.45, 7) is 15.0. The molecule has 0 aliphatic carbocycles. The Hall–Kier alpha value is 0.922. The zero-order valence-electron chi connectivity index (χ0n) is 5.83. The van der Waals surface area contributed by atoms with Crippen LogP contribution in [0.5, 0.6) is 0 Å². The molecule has 0 radical (unpaired) electrons. The third-order valence-electron chi connectivity index (χ3n) is 0. The van der Waals surface area contributed by atoms with E-state index in [0.29, 0.717) is 0 Å². The largest absolute Gasteiger partial charge is 0.346 e. The summed E-state index contributed by atoms with van der Waals surface area (Å²) >= 11 is 0. The van der Waals surface area contributed by atoms with Gasteiger partial charge in [0.15, 0.2) is 0 Å². The van der Waals surface area contributed by atoms with Crippen molar-refractivity contribution in [2.45, 2.75) is 20.8 Å². The van der Waals surface area contributed by atoms with Crippen LogP contribution >= 0.6 is 0 Å². The van der Waals surface area contributed by atoms with Crippen molar-refractivity contribution in [2.24, 2.45) is 0 Å². The van der Waals surface area contributed by atoms with E-state index in [1.807, 2.05) is 0 Å². The molecular weight excluding hydrogens is 184 g/mol. The number of hydrogen-bond acceptors (Lipinski definition) is 0. The quantitative estimate of drug-likeness (QED) is 0.416. The van der Waals surface area contributed by atoms with Crippen LogP contribution < -0.4 is 0 Å². The molecule has 0 aliphatic heterocycles. The van der Waals surface area contributed by atoms with Crippen molar-refractivity contribution in [3.05, 3.63) is 20.8 Å². The third kappa shape index (κ3) is 197. The Morgan fingerprint density at radius 1 is 0.571 bits per heavy atom. The van der Waals surface area contributed by atoms with Gasteiger partial charge in [-0.05, 0) is 0 Å². The van der Waals surface area contributed by atoms with Crippen LogP contribution in [0.3, 0.4) is 0 Å². The van der Waals surface area contributed by atoms with E-state index < -0.39 is 0 Å². The fourth-order valence-corrected chi connectivity index (χ4v) is 0. The number of rotatable bonds is 0. The smallest absolute Gasteiger partial charge is 0 e. The second-order valence-corrected chi connectivity index (χ2v) is 0. The first-order valence-corrected chi connectivity index (χ1v) is 2.12. The standard InChI is InChI=1S/3C2H5.Cd/c3*1-2;/h3*1H2,2H3;/q3*-1;. The van der Waals surface area contributed by atoms with Gasteiger partial charge in [-0.1, -0.05) is 0 Å². The van der Waals surface area contributed by atoms with Gasteiger partial charge in [-0.15, -0.1) is 0 Å². The first kappa shape index (κ1) is 24.7.